The zero-order valence-electron chi connectivity index (χ0n) is 11.5. The second kappa shape index (κ2) is 6.27. The van der Waals surface area contributed by atoms with Gasteiger partial charge in [0.15, 0.2) is 0 Å². The van der Waals surface area contributed by atoms with Crippen LogP contribution in [0, 0.1) is 0 Å². The highest BCUT2D eigenvalue weighted by Gasteiger charge is 2.29. The van der Waals surface area contributed by atoms with Crippen LogP contribution in [-0.4, -0.2) is 24.9 Å². The molecule has 0 bridgehead atoms. The van der Waals surface area contributed by atoms with Gasteiger partial charge in [0, 0.05) is 17.5 Å². The zero-order chi connectivity index (χ0) is 16.4. The van der Waals surface area contributed by atoms with E-state index in [0.29, 0.717) is 5.56 Å². The molecule has 116 valence electrons. The van der Waals surface area contributed by atoms with Gasteiger partial charge in [-0.2, -0.15) is 0 Å². The van der Waals surface area contributed by atoms with Crippen LogP contribution in [-0.2, 0) is 14.8 Å². The van der Waals surface area contributed by atoms with E-state index in [1.54, 1.807) is 13.8 Å². The van der Waals surface area contributed by atoms with E-state index in [0.717, 1.165) is 0 Å². The summed E-state index contributed by atoms with van der Waals surface area (Å²) in [5.74, 6) is -0.620. The summed E-state index contributed by atoms with van der Waals surface area (Å²) in [6, 6.07) is 4.21. The Morgan fingerprint density at radius 3 is 2.43 bits per heavy atom. The number of sulfonamides is 1. The van der Waals surface area contributed by atoms with Crippen molar-refractivity contribution in [2.75, 3.05) is 0 Å². The fourth-order valence-electron chi connectivity index (χ4n) is 1.75. The molecule has 1 aromatic carbocycles. The Morgan fingerprint density at radius 1 is 1.38 bits per heavy atom. The maximum Gasteiger partial charge on any atom is 0.242 e. The van der Waals surface area contributed by atoms with Crippen LogP contribution in [0.25, 0.3) is 0 Å². The number of carbonyl (C=O) groups is 1. The standard InChI is InChI=1S/C12H16ClN3O3S2/c1-12(2,6-10(14)17)16-21(18,19)9-5-7(11(15)20)3-4-8(9)13/h3-5,16H,6H2,1-2H3,(H2,14,17)(H2,15,20). The summed E-state index contributed by atoms with van der Waals surface area (Å²) >= 11 is 10.7. The van der Waals surface area contributed by atoms with Crippen molar-refractivity contribution in [3.05, 3.63) is 28.8 Å². The average Bonchev–Trinajstić information content (AvgIpc) is 2.24. The van der Waals surface area contributed by atoms with Crippen molar-refractivity contribution in [3.63, 3.8) is 0 Å². The number of hydrogen-bond donors (Lipinski definition) is 3. The first kappa shape index (κ1) is 17.8. The van der Waals surface area contributed by atoms with E-state index in [-0.39, 0.29) is 21.3 Å². The van der Waals surface area contributed by atoms with Gasteiger partial charge in [-0.1, -0.05) is 29.9 Å². The highest BCUT2D eigenvalue weighted by Crippen LogP contribution is 2.24. The molecule has 0 heterocycles. The number of benzene rings is 1. The van der Waals surface area contributed by atoms with E-state index in [1.165, 1.54) is 18.2 Å². The van der Waals surface area contributed by atoms with E-state index in [9.17, 15) is 13.2 Å². The maximum absolute atomic E-state index is 12.4. The minimum absolute atomic E-state index is 0.0253. The van der Waals surface area contributed by atoms with Crippen molar-refractivity contribution in [1.29, 1.82) is 0 Å². The number of nitrogens with one attached hydrogen (secondary N) is 1. The maximum atomic E-state index is 12.4. The smallest absolute Gasteiger partial charge is 0.242 e. The van der Waals surface area contributed by atoms with Crippen molar-refractivity contribution >= 4 is 44.7 Å². The molecule has 0 atom stereocenters. The molecule has 6 nitrogen and oxygen atoms in total. The lowest BCUT2D eigenvalue weighted by Crippen LogP contribution is -2.46. The lowest BCUT2D eigenvalue weighted by Gasteiger charge is -2.24. The Hall–Kier alpha value is -1.22. The van der Waals surface area contributed by atoms with Crippen LogP contribution in [0.1, 0.15) is 25.8 Å². The molecular formula is C12H16ClN3O3S2. The van der Waals surface area contributed by atoms with Gasteiger partial charge in [-0.05, 0) is 26.0 Å². The molecule has 0 saturated heterocycles. The van der Waals surface area contributed by atoms with Gasteiger partial charge in [-0.15, -0.1) is 0 Å². The second-order valence-electron chi connectivity index (χ2n) is 5.14. The second-order valence-corrected chi connectivity index (χ2v) is 7.64. The van der Waals surface area contributed by atoms with Crippen molar-refractivity contribution in [2.45, 2.75) is 30.7 Å². The highest BCUT2D eigenvalue weighted by molar-refractivity contribution is 7.89. The number of amides is 1. The third-order valence-electron chi connectivity index (χ3n) is 2.53. The van der Waals surface area contributed by atoms with Crippen LogP contribution in [0.5, 0.6) is 0 Å². The summed E-state index contributed by atoms with van der Waals surface area (Å²) in [6.07, 6.45) is -0.154. The molecule has 1 amide bonds. The number of halogens is 1. The molecule has 0 spiro atoms. The molecule has 0 radical (unpaired) electrons. The van der Waals surface area contributed by atoms with E-state index in [1.807, 2.05) is 0 Å². The third kappa shape index (κ3) is 4.92. The topological polar surface area (TPSA) is 115 Å². The van der Waals surface area contributed by atoms with Crippen molar-refractivity contribution in [1.82, 2.24) is 4.72 Å². The minimum Gasteiger partial charge on any atom is -0.389 e. The van der Waals surface area contributed by atoms with Gasteiger partial charge in [0.1, 0.15) is 9.88 Å². The lowest BCUT2D eigenvalue weighted by atomic mass is 10.0. The monoisotopic (exact) mass is 349 g/mol. The summed E-state index contributed by atoms with van der Waals surface area (Å²) in [7, 11) is -3.96. The molecule has 5 N–H and O–H groups in total. The largest absolute Gasteiger partial charge is 0.389 e. The number of nitrogens with two attached hydrogens (primary N) is 2. The molecule has 0 aliphatic rings. The number of thiocarbonyl (C=S) groups is 1. The summed E-state index contributed by atoms with van der Waals surface area (Å²) in [4.78, 5) is 10.9. The predicted octanol–water partition coefficient (Wildman–Crippen LogP) is 0.907. The first-order valence-electron chi connectivity index (χ1n) is 5.86. The summed E-state index contributed by atoms with van der Waals surface area (Å²) in [5, 5.41) is 0.0253. The Bertz CT molecular complexity index is 687. The zero-order valence-corrected chi connectivity index (χ0v) is 13.9. The summed E-state index contributed by atoms with van der Waals surface area (Å²) in [6.45, 7) is 3.08. The van der Waals surface area contributed by atoms with Crippen molar-refractivity contribution < 1.29 is 13.2 Å². The Labute approximate surface area is 133 Å². The van der Waals surface area contributed by atoms with Gasteiger partial charge < -0.3 is 11.5 Å². The molecule has 0 aromatic heterocycles. The van der Waals surface area contributed by atoms with Crippen LogP contribution >= 0.6 is 23.8 Å². The lowest BCUT2D eigenvalue weighted by molar-refractivity contribution is -0.119. The van der Waals surface area contributed by atoms with Gasteiger partial charge in [0.2, 0.25) is 15.9 Å². The van der Waals surface area contributed by atoms with E-state index in [2.05, 4.69) is 4.72 Å². The van der Waals surface area contributed by atoms with E-state index < -0.39 is 21.5 Å². The quantitative estimate of drug-likeness (QED) is 0.660. The summed E-state index contributed by atoms with van der Waals surface area (Å²) in [5.41, 5.74) is 9.91. The number of primary amides is 1. The first-order chi connectivity index (χ1) is 9.44. The number of rotatable bonds is 6. The molecule has 1 rings (SSSR count). The fraction of sp³-hybridized carbons (Fsp3) is 0.333. The van der Waals surface area contributed by atoms with Gasteiger partial charge >= 0.3 is 0 Å². The molecule has 0 saturated carbocycles. The van der Waals surface area contributed by atoms with Gasteiger partial charge in [0.05, 0.1) is 5.02 Å². The first-order valence-corrected chi connectivity index (χ1v) is 8.13. The number of carbonyl (C=O) groups excluding carboxylic acids is 1. The van der Waals surface area contributed by atoms with Gasteiger partial charge in [-0.25, -0.2) is 13.1 Å². The minimum atomic E-state index is -3.96. The Morgan fingerprint density at radius 2 is 1.95 bits per heavy atom. The van der Waals surface area contributed by atoms with Crippen LogP contribution in [0.4, 0.5) is 0 Å². The summed E-state index contributed by atoms with van der Waals surface area (Å²) < 4.78 is 27.2. The van der Waals surface area contributed by atoms with Crippen molar-refractivity contribution in [3.8, 4) is 0 Å². The normalized spacial score (nSPS) is 12.1. The van der Waals surface area contributed by atoms with E-state index >= 15 is 0 Å². The molecule has 21 heavy (non-hydrogen) atoms. The van der Waals surface area contributed by atoms with E-state index in [4.69, 9.17) is 35.3 Å². The number of hydrogen-bond acceptors (Lipinski definition) is 4. The van der Waals surface area contributed by atoms with Gasteiger partial charge in [0.25, 0.3) is 0 Å². The van der Waals surface area contributed by atoms with Crippen LogP contribution < -0.4 is 16.2 Å². The van der Waals surface area contributed by atoms with Crippen LogP contribution in [0.3, 0.4) is 0 Å². The molecule has 0 unspecified atom stereocenters. The van der Waals surface area contributed by atoms with Gasteiger partial charge in [-0.3, -0.25) is 4.79 Å². The molecule has 1 aromatic rings. The van der Waals surface area contributed by atoms with Crippen LogP contribution in [0.2, 0.25) is 5.02 Å². The molecule has 0 aliphatic carbocycles. The van der Waals surface area contributed by atoms with Crippen molar-refractivity contribution in [2.24, 2.45) is 11.5 Å². The van der Waals surface area contributed by atoms with Crippen LogP contribution in [0.15, 0.2) is 23.1 Å². The third-order valence-corrected chi connectivity index (χ3v) is 4.95. The SMILES string of the molecule is CC(C)(CC(N)=O)NS(=O)(=O)c1cc(C(N)=S)ccc1Cl. The Balaban J connectivity index is 3.22. The average molecular weight is 350 g/mol. The molecule has 0 aliphatic heterocycles. The molecule has 0 fully saturated rings. The molecule has 9 heteroatoms. The highest BCUT2D eigenvalue weighted by atomic mass is 35.5. The fourth-order valence-corrected chi connectivity index (χ4v) is 3.82. The Kier molecular flexibility index (Phi) is 5.32. The molecular weight excluding hydrogens is 334 g/mol. The predicted molar refractivity (Wildman–Crippen MR) is 85.6 cm³/mol.